The van der Waals surface area contributed by atoms with Crippen molar-refractivity contribution in [3.63, 3.8) is 0 Å². The summed E-state index contributed by atoms with van der Waals surface area (Å²) in [5.74, 6) is -0.00990. The smallest absolute Gasteiger partial charge is 0.277 e. The maximum atomic E-state index is 12.4. The molecule has 1 aliphatic heterocycles. The molecule has 138 valence electrons. The first kappa shape index (κ1) is 18.4. The molecule has 1 aliphatic rings. The van der Waals surface area contributed by atoms with Gasteiger partial charge in [-0.05, 0) is 49.9 Å². The minimum atomic E-state index is -0.343. The van der Waals surface area contributed by atoms with Crippen LogP contribution in [-0.2, 0) is 9.59 Å². The summed E-state index contributed by atoms with van der Waals surface area (Å²) < 4.78 is 5.66. The molecule has 0 bridgehead atoms. The molecule has 2 aromatic rings. The lowest BCUT2D eigenvalue weighted by Crippen LogP contribution is -2.44. The number of primary amides is 1. The summed E-state index contributed by atoms with van der Waals surface area (Å²) in [5.41, 5.74) is 8.57. The van der Waals surface area contributed by atoms with Crippen LogP contribution in [0.4, 0.5) is 0 Å². The maximum absolute atomic E-state index is 12.4. The van der Waals surface area contributed by atoms with Gasteiger partial charge in [-0.2, -0.15) is 0 Å². The summed E-state index contributed by atoms with van der Waals surface area (Å²) in [7, 11) is 0. The molecule has 26 heavy (non-hydrogen) atoms. The third-order valence-electron chi connectivity index (χ3n) is 4.66. The van der Waals surface area contributed by atoms with Crippen LogP contribution in [0.1, 0.15) is 24.0 Å². The number of likely N-dealkylation sites (tertiary alicyclic amines) is 1. The number of carbonyl (C=O) groups excluding carboxylic acids is 2. The number of nitrogens with zero attached hydrogens (tertiary/aromatic N) is 3. The highest BCUT2D eigenvalue weighted by molar-refractivity contribution is 7.99. The van der Waals surface area contributed by atoms with Gasteiger partial charge in [-0.25, -0.2) is 0 Å². The quantitative estimate of drug-likeness (QED) is 0.805. The van der Waals surface area contributed by atoms with Gasteiger partial charge in [0.1, 0.15) is 0 Å². The number of aromatic nitrogens is 2. The number of aryl methyl sites for hydroxylation is 2. The average molecular weight is 374 g/mol. The Morgan fingerprint density at radius 2 is 2.12 bits per heavy atom. The molecule has 2 N–H and O–H groups in total. The normalized spacial score (nSPS) is 17.3. The fraction of sp³-hybridized carbons (Fsp3) is 0.444. The predicted molar refractivity (Wildman–Crippen MR) is 98.4 cm³/mol. The minimum Gasteiger partial charge on any atom is -0.411 e. The number of hydrogen-bond donors (Lipinski definition) is 1. The molecule has 0 radical (unpaired) electrons. The first-order valence-electron chi connectivity index (χ1n) is 8.55. The summed E-state index contributed by atoms with van der Waals surface area (Å²) in [5, 5.41) is 8.42. The molecule has 1 aromatic carbocycles. The van der Waals surface area contributed by atoms with Crippen molar-refractivity contribution < 1.29 is 14.0 Å². The Bertz CT molecular complexity index is 821. The van der Waals surface area contributed by atoms with E-state index in [1.807, 2.05) is 32.0 Å². The zero-order valence-corrected chi connectivity index (χ0v) is 15.7. The second-order valence-electron chi connectivity index (χ2n) is 6.54. The molecule has 2 heterocycles. The topological polar surface area (TPSA) is 102 Å². The van der Waals surface area contributed by atoms with Gasteiger partial charge in [0.15, 0.2) is 0 Å². The first-order chi connectivity index (χ1) is 12.4. The zero-order valence-electron chi connectivity index (χ0n) is 14.9. The third-order valence-corrected chi connectivity index (χ3v) is 5.46. The summed E-state index contributed by atoms with van der Waals surface area (Å²) in [6.45, 7) is 5.12. The van der Waals surface area contributed by atoms with Crippen molar-refractivity contribution in [3.8, 4) is 11.5 Å². The highest BCUT2D eigenvalue weighted by Gasteiger charge is 2.27. The van der Waals surface area contributed by atoms with Crippen LogP contribution >= 0.6 is 11.8 Å². The molecule has 1 aromatic heterocycles. The van der Waals surface area contributed by atoms with Crippen LogP contribution in [0.25, 0.3) is 11.5 Å². The van der Waals surface area contributed by atoms with Gasteiger partial charge in [0.25, 0.3) is 5.22 Å². The van der Waals surface area contributed by atoms with Crippen molar-refractivity contribution in [2.45, 2.75) is 31.9 Å². The SMILES string of the molecule is Cc1ccc(-c2nnc(SCC(=O)N3CCC[C@H](C(N)=O)C3)o2)cc1C. The van der Waals surface area contributed by atoms with Crippen LogP contribution in [0.15, 0.2) is 27.8 Å². The average Bonchev–Trinajstić information content (AvgIpc) is 3.11. The Morgan fingerprint density at radius 3 is 2.85 bits per heavy atom. The van der Waals surface area contributed by atoms with E-state index in [0.717, 1.165) is 24.0 Å². The number of piperidine rings is 1. The van der Waals surface area contributed by atoms with Crippen LogP contribution in [-0.4, -0.2) is 45.8 Å². The van der Waals surface area contributed by atoms with Crippen molar-refractivity contribution in [2.75, 3.05) is 18.8 Å². The standard InChI is InChI=1S/C18H22N4O3S/c1-11-5-6-13(8-12(11)2)17-20-21-18(25-17)26-10-15(23)22-7-3-4-14(9-22)16(19)24/h5-6,8,14H,3-4,7,9-10H2,1-2H3,(H2,19,24)/t14-/m0/s1. The van der Waals surface area contributed by atoms with Crippen molar-refractivity contribution in [3.05, 3.63) is 29.3 Å². The Hall–Kier alpha value is -2.35. The first-order valence-corrected chi connectivity index (χ1v) is 9.53. The highest BCUT2D eigenvalue weighted by Crippen LogP contribution is 2.25. The van der Waals surface area contributed by atoms with E-state index in [-0.39, 0.29) is 23.5 Å². The molecule has 0 aliphatic carbocycles. The summed E-state index contributed by atoms with van der Waals surface area (Å²) in [4.78, 5) is 25.4. The van der Waals surface area contributed by atoms with Gasteiger partial charge in [0.05, 0.1) is 11.7 Å². The lowest BCUT2D eigenvalue weighted by Gasteiger charge is -2.31. The molecule has 1 saturated heterocycles. The second-order valence-corrected chi connectivity index (χ2v) is 7.47. The monoisotopic (exact) mass is 374 g/mol. The Labute approximate surface area is 156 Å². The van der Waals surface area contributed by atoms with Crippen LogP contribution in [0.3, 0.4) is 0 Å². The number of hydrogen-bond acceptors (Lipinski definition) is 6. The van der Waals surface area contributed by atoms with Crippen molar-refractivity contribution in [1.82, 2.24) is 15.1 Å². The van der Waals surface area contributed by atoms with E-state index >= 15 is 0 Å². The van der Waals surface area contributed by atoms with E-state index < -0.39 is 0 Å². The van der Waals surface area contributed by atoms with Crippen LogP contribution in [0, 0.1) is 19.8 Å². The lowest BCUT2D eigenvalue weighted by atomic mass is 9.97. The third kappa shape index (κ3) is 4.24. The summed E-state index contributed by atoms with van der Waals surface area (Å²) in [6.07, 6.45) is 1.54. The minimum absolute atomic E-state index is 0.0492. The maximum Gasteiger partial charge on any atom is 0.277 e. The number of nitrogens with two attached hydrogens (primary N) is 1. The van der Waals surface area contributed by atoms with Crippen molar-refractivity contribution in [1.29, 1.82) is 0 Å². The molecule has 0 saturated carbocycles. The largest absolute Gasteiger partial charge is 0.411 e. The van der Waals surface area contributed by atoms with E-state index in [1.165, 1.54) is 17.3 Å². The number of benzene rings is 1. The van der Waals surface area contributed by atoms with Gasteiger partial charge in [0, 0.05) is 18.7 Å². The number of amides is 2. The highest BCUT2D eigenvalue weighted by atomic mass is 32.2. The van der Waals surface area contributed by atoms with E-state index in [2.05, 4.69) is 10.2 Å². The molecule has 1 fully saturated rings. The van der Waals surface area contributed by atoms with Crippen LogP contribution in [0.5, 0.6) is 0 Å². The molecule has 0 unspecified atom stereocenters. The Morgan fingerprint density at radius 1 is 1.31 bits per heavy atom. The fourth-order valence-corrected chi connectivity index (χ4v) is 3.58. The Kier molecular flexibility index (Phi) is 5.61. The molecule has 2 amide bonds. The van der Waals surface area contributed by atoms with Crippen LogP contribution in [0.2, 0.25) is 0 Å². The molecule has 8 heteroatoms. The zero-order chi connectivity index (χ0) is 18.7. The molecular weight excluding hydrogens is 352 g/mol. The summed E-state index contributed by atoms with van der Waals surface area (Å²) >= 11 is 1.21. The van der Waals surface area contributed by atoms with Gasteiger partial charge in [-0.1, -0.05) is 17.8 Å². The lowest BCUT2D eigenvalue weighted by molar-refractivity contribution is -0.132. The van der Waals surface area contributed by atoms with Gasteiger partial charge < -0.3 is 15.1 Å². The van der Waals surface area contributed by atoms with Crippen molar-refractivity contribution >= 4 is 23.6 Å². The van der Waals surface area contributed by atoms with Gasteiger partial charge in [0.2, 0.25) is 17.7 Å². The van der Waals surface area contributed by atoms with Gasteiger partial charge in [-0.3, -0.25) is 9.59 Å². The molecular formula is C18H22N4O3S. The fourth-order valence-electron chi connectivity index (χ4n) is 2.91. The predicted octanol–water partition coefficient (Wildman–Crippen LogP) is 2.17. The number of carbonyl (C=O) groups is 2. The van der Waals surface area contributed by atoms with Gasteiger partial charge in [-0.15, -0.1) is 10.2 Å². The second kappa shape index (κ2) is 7.90. The molecule has 3 rings (SSSR count). The number of thioether (sulfide) groups is 1. The van der Waals surface area contributed by atoms with Crippen molar-refractivity contribution in [2.24, 2.45) is 11.7 Å². The van der Waals surface area contributed by atoms with E-state index in [1.54, 1.807) is 4.90 Å². The molecule has 1 atom stereocenters. The Balaban J connectivity index is 1.58. The molecule has 0 spiro atoms. The summed E-state index contributed by atoms with van der Waals surface area (Å²) in [6, 6.07) is 5.95. The van der Waals surface area contributed by atoms with E-state index in [4.69, 9.17) is 10.2 Å². The van der Waals surface area contributed by atoms with Crippen LogP contribution < -0.4 is 5.73 Å². The molecule has 7 nitrogen and oxygen atoms in total. The number of rotatable bonds is 5. The van der Waals surface area contributed by atoms with E-state index in [0.29, 0.717) is 24.2 Å². The van der Waals surface area contributed by atoms with E-state index in [9.17, 15) is 9.59 Å². The van der Waals surface area contributed by atoms with Gasteiger partial charge >= 0.3 is 0 Å².